The van der Waals surface area contributed by atoms with Gasteiger partial charge < -0.3 is 14.5 Å². The van der Waals surface area contributed by atoms with E-state index in [1.54, 1.807) is 18.6 Å². The molecule has 7 nitrogen and oxygen atoms in total. The Morgan fingerprint density at radius 2 is 2.03 bits per heavy atom. The monoisotopic (exact) mass is 388 g/mol. The summed E-state index contributed by atoms with van der Waals surface area (Å²) in [5.41, 5.74) is 2.11. The van der Waals surface area contributed by atoms with Gasteiger partial charge in [-0.1, -0.05) is 13.0 Å². The number of carbonyl (C=O) groups excluding carboxylic acids is 1. The lowest BCUT2D eigenvalue weighted by Crippen LogP contribution is -2.28. The van der Waals surface area contributed by atoms with E-state index in [9.17, 15) is 4.79 Å². The normalized spacial score (nSPS) is 11.9. The number of nitrogens with zero attached hydrogens (tertiary/aromatic N) is 3. The largest absolute Gasteiger partial charge is 0.484 e. The molecule has 146 valence electrons. The Labute approximate surface area is 167 Å². The van der Waals surface area contributed by atoms with Crippen molar-refractivity contribution < 1.29 is 13.9 Å². The van der Waals surface area contributed by atoms with Crippen LogP contribution in [0.1, 0.15) is 41.3 Å². The maximum Gasteiger partial charge on any atom is 0.273 e. The van der Waals surface area contributed by atoms with Crippen molar-refractivity contribution in [3.63, 3.8) is 0 Å². The quantitative estimate of drug-likeness (QED) is 0.513. The topological polar surface area (TPSA) is 90.1 Å². The van der Waals surface area contributed by atoms with Gasteiger partial charge in [-0.25, -0.2) is 4.98 Å². The van der Waals surface area contributed by atoms with Gasteiger partial charge in [0.05, 0.1) is 11.6 Å². The van der Waals surface area contributed by atoms with Crippen molar-refractivity contribution in [1.29, 1.82) is 0 Å². The van der Waals surface area contributed by atoms with Crippen LogP contribution in [-0.4, -0.2) is 20.9 Å². The van der Waals surface area contributed by atoms with E-state index < -0.39 is 0 Å². The Balaban J connectivity index is 1.39. The van der Waals surface area contributed by atoms with E-state index in [-0.39, 0.29) is 24.2 Å². The van der Waals surface area contributed by atoms with Crippen LogP contribution in [0, 0.1) is 0 Å². The zero-order valence-corrected chi connectivity index (χ0v) is 15.9. The number of hydrogen-bond donors (Lipinski definition) is 1. The molecular formula is C22H20N4O3. The molecule has 4 rings (SSSR count). The summed E-state index contributed by atoms with van der Waals surface area (Å²) in [6, 6.07) is 13.1. The number of amides is 1. The second kappa shape index (κ2) is 8.52. The summed E-state index contributed by atoms with van der Waals surface area (Å²) >= 11 is 0. The molecule has 0 bridgehead atoms. The van der Waals surface area contributed by atoms with Crippen molar-refractivity contribution in [2.45, 2.75) is 26.0 Å². The Morgan fingerprint density at radius 1 is 1.17 bits per heavy atom. The number of aromatic nitrogens is 3. The maximum atomic E-state index is 12.5. The van der Waals surface area contributed by atoms with E-state index in [1.165, 1.54) is 6.26 Å². The molecule has 0 aliphatic carbocycles. The lowest BCUT2D eigenvalue weighted by atomic mass is 10.1. The molecule has 3 aromatic heterocycles. The molecule has 3 heterocycles. The average molecular weight is 388 g/mol. The van der Waals surface area contributed by atoms with Crippen LogP contribution >= 0.6 is 0 Å². The van der Waals surface area contributed by atoms with Gasteiger partial charge in [-0.05, 0) is 48.4 Å². The first kappa shape index (κ1) is 18.6. The first-order chi connectivity index (χ1) is 14.2. The third kappa shape index (κ3) is 4.40. The van der Waals surface area contributed by atoms with Crippen LogP contribution in [0.15, 0.2) is 71.7 Å². The first-order valence-corrected chi connectivity index (χ1v) is 9.35. The van der Waals surface area contributed by atoms with Gasteiger partial charge in [-0.3, -0.25) is 14.8 Å². The highest BCUT2D eigenvalue weighted by molar-refractivity contribution is 5.92. The molecule has 0 radical (unpaired) electrons. The fourth-order valence-corrected chi connectivity index (χ4v) is 3.02. The van der Waals surface area contributed by atoms with Gasteiger partial charge in [-0.2, -0.15) is 0 Å². The van der Waals surface area contributed by atoms with E-state index in [2.05, 4.69) is 20.3 Å². The third-order valence-electron chi connectivity index (χ3n) is 4.54. The molecule has 0 aliphatic heterocycles. The predicted octanol–water partition coefficient (Wildman–Crippen LogP) is 4.08. The molecule has 0 aliphatic rings. The predicted molar refractivity (Wildman–Crippen MR) is 107 cm³/mol. The van der Waals surface area contributed by atoms with Crippen molar-refractivity contribution in [2.24, 2.45) is 0 Å². The lowest BCUT2D eigenvalue weighted by Gasteiger charge is -2.16. The van der Waals surface area contributed by atoms with Gasteiger partial charge >= 0.3 is 0 Å². The Morgan fingerprint density at radius 3 is 2.86 bits per heavy atom. The number of pyridine rings is 2. The summed E-state index contributed by atoms with van der Waals surface area (Å²) in [7, 11) is 0. The maximum absolute atomic E-state index is 12.5. The molecule has 1 N–H and O–H groups in total. The summed E-state index contributed by atoms with van der Waals surface area (Å²) < 4.78 is 11.1. The van der Waals surface area contributed by atoms with Crippen LogP contribution in [0.3, 0.4) is 0 Å². The van der Waals surface area contributed by atoms with Crippen molar-refractivity contribution in [3.05, 3.63) is 84.5 Å². The minimum absolute atomic E-state index is 0.117. The molecule has 1 aromatic carbocycles. The highest BCUT2D eigenvalue weighted by Crippen LogP contribution is 2.20. The molecule has 4 aromatic rings. The van der Waals surface area contributed by atoms with Crippen LogP contribution in [0.2, 0.25) is 0 Å². The molecule has 1 amide bonds. The summed E-state index contributed by atoms with van der Waals surface area (Å²) in [5, 5.41) is 3.95. The number of ether oxygens (including phenoxy) is 1. The van der Waals surface area contributed by atoms with Gasteiger partial charge in [0.1, 0.15) is 12.0 Å². The van der Waals surface area contributed by atoms with Gasteiger partial charge in [-0.15, -0.1) is 0 Å². The molecule has 0 saturated carbocycles. The van der Waals surface area contributed by atoms with Crippen LogP contribution in [-0.2, 0) is 6.61 Å². The molecule has 0 unspecified atom stereocenters. The van der Waals surface area contributed by atoms with E-state index in [4.69, 9.17) is 9.15 Å². The van der Waals surface area contributed by atoms with Crippen LogP contribution in [0.4, 0.5) is 0 Å². The third-order valence-corrected chi connectivity index (χ3v) is 4.54. The number of rotatable bonds is 7. The molecule has 7 heteroatoms. The van der Waals surface area contributed by atoms with Crippen molar-refractivity contribution in [3.8, 4) is 5.75 Å². The number of fused-ring (bicyclic) bond motifs is 1. The van der Waals surface area contributed by atoms with Crippen LogP contribution in [0.5, 0.6) is 5.75 Å². The van der Waals surface area contributed by atoms with Crippen molar-refractivity contribution >= 4 is 16.8 Å². The summed E-state index contributed by atoms with van der Waals surface area (Å²) in [5.74, 6) is 0.720. The SMILES string of the molecule is CC[C@H](NC(=O)c1coc(COc2ccc3ncccc3c2)n1)c1ccncc1. The van der Waals surface area contributed by atoms with Gasteiger partial charge in [0.15, 0.2) is 12.3 Å². The Hall–Kier alpha value is -3.74. The summed E-state index contributed by atoms with van der Waals surface area (Å²) in [6.45, 7) is 2.13. The van der Waals surface area contributed by atoms with Gasteiger partial charge in [0.25, 0.3) is 5.91 Å². The fraction of sp³-hybridized carbons (Fsp3) is 0.182. The van der Waals surface area contributed by atoms with Crippen molar-refractivity contribution in [1.82, 2.24) is 20.3 Å². The molecular weight excluding hydrogens is 368 g/mol. The lowest BCUT2D eigenvalue weighted by molar-refractivity contribution is 0.0930. The Bertz CT molecular complexity index is 1110. The summed E-state index contributed by atoms with van der Waals surface area (Å²) in [6.07, 6.45) is 7.26. The van der Waals surface area contributed by atoms with Crippen LogP contribution < -0.4 is 10.1 Å². The smallest absolute Gasteiger partial charge is 0.273 e. The molecule has 0 fully saturated rings. The van der Waals surface area contributed by atoms with E-state index in [1.807, 2.05) is 49.4 Å². The van der Waals surface area contributed by atoms with E-state index in [0.29, 0.717) is 11.6 Å². The summed E-state index contributed by atoms with van der Waals surface area (Å²) in [4.78, 5) is 25.1. The fourth-order valence-electron chi connectivity index (χ4n) is 3.02. The van der Waals surface area contributed by atoms with Gasteiger partial charge in [0.2, 0.25) is 5.89 Å². The van der Waals surface area contributed by atoms with Crippen LogP contribution in [0.25, 0.3) is 10.9 Å². The number of nitrogens with one attached hydrogen (secondary N) is 1. The Kier molecular flexibility index (Phi) is 5.47. The zero-order chi connectivity index (χ0) is 20.1. The molecule has 29 heavy (non-hydrogen) atoms. The number of carbonyl (C=O) groups is 1. The standard InChI is InChI=1S/C22H20N4O3/c1-2-18(15-7-10-23-11-8-15)26-22(27)20-13-29-21(25-20)14-28-17-5-6-19-16(12-17)4-3-9-24-19/h3-13,18H,2,14H2,1H3,(H,26,27)/t18-/m0/s1. The van der Waals surface area contributed by atoms with Crippen molar-refractivity contribution in [2.75, 3.05) is 0 Å². The highest BCUT2D eigenvalue weighted by Gasteiger charge is 2.17. The minimum atomic E-state index is -0.291. The van der Waals surface area contributed by atoms with E-state index >= 15 is 0 Å². The highest BCUT2D eigenvalue weighted by atomic mass is 16.5. The second-order valence-electron chi connectivity index (χ2n) is 6.49. The second-order valence-corrected chi connectivity index (χ2v) is 6.49. The number of hydrogen-bond acceptors (Lipinski definition) is 6. The number of benzene rings is 1. The van der Waals surface area contributed by atoms with E-state index in [0.717, 1.165) is 22.9 Å². The zero-order valence-electron chi connectivity index (χ0n) is 15.9. The first-order valence-electron chi connectivity index (χ1n) is 9.35. The molecule has 0 spiro atoms. The molecule has 0 saturated heterocycles. The molecule has 1 atom stereocenters. The minimum Gasteiger partial charge on any atom is -0.484 e. The average Bonchev–Trinajstić information content (AvgIpc) is 3.25. The van der Waals surface area contributed by atoms with Gasteiger partial charge in [0, 0.05) is 24.0 Å². The number of oxazole rings is 1.